The van der Waals surface area contributed by atoms with Crippen LogP contribution in [0.25, 0.3) is 0 Å². The summed E-state index contributed by atoms with van der Waals surface area (Å²) in [6.07, 6.45) is 1.96. The van der Waals surface area contributed by atoms with Gasteiger partial charge in [-0.3, -0.25) is 9.59 Å². The molecule has 4 heteroatoms. The number of hydrogen-bond acceptors (Lipinski definition) is 2. The number of amides is 2. The monoisotopic (exact) mass is 318 g/mol. The average molecular weight is 318 g/mol. The number of carbonyl (C=O) groups excluding carboxylic acids is 2. The van der Waals surface area contributed by atoms with Crippen molar-refractivity contribution in [1.82, 2.24) is 4.90 Å². The molecule has 1 N–H and O–H groups in total. The van der Waals surface area contributed by atoms with E-state index < -0.39 is 5.41 Å². The highest BCUT2D eigenvalue weighted by molar-refractivity contribution is 6.10. The Morgan fingerprint density at radius 3 is 2.39 bits per heavy atom. The number of nitrogens with one attached hydrogen (secondary N) is 1. The van der Waals surface area contributed by atoms with Crippen LogP contribution in [0.15, 0.2) is 24.3 Å². The van der Waals surface area contributed by atoms with E-state index in [0.29, 0.717) is 12.5 Å². The van der Waals surface area contributed by atoms with Gasteiger partial charge in [-0.1, -0.05) is 45.4 Å². The minimum atomic E-state index is -1.09. The predicted molar refractivity (Wildman–Crippen MR) is 95.5 cm³/mol. The third-order valence-corrected chi connectivity index (χ3v) is 4.13. The van der Waals surface area contributed by atoms with E-state index in [0.717, 1.165) is 24.1 Å². The number of hydrogen-bond donors (Lipinski definition) is 1. The van der Waals surface area contributed by atoms with Crippen LogP contribution in [0.5, 0.6) is 0 Å². The molecule has 0 aromatic heterocycles. The fourth-order valence-corrected chi connectivity index (χ4v) is 2.46. The van der Waals surface area contributed by atoms with Crippen molar-refractivity contribution in [3.63, 3.8) is 0 Å². The summed E-state index contributed by atoms with van der Waals surface area (Å²) in [4.78, 5) is 26.9. The molecule has 0 radical (unpaired) electrons. The molecule has 4 nitrogen and oxygen atoms in total. The lowest BCUT2D eigenvalue weighted by Crippen LogP contribution is -2.46. The van der Waals surface area contributed by atoms with Gasteiger partial charge in [-0.05, 0) is 37.8 Å². The van der Waals surface area contributed by atoms with Crippen LogP contribution < -0.4 is 5.32 Å². The molecule has 0 saturated heterocycles. The van der Waals surface area contributed by atoms with Crippen molar-refractivity contribution in [1.29, 1.82) is 0 Å². The van der Waals surface area contributed by atoms with Crippen LogP contribution in [0.1, 0.15) is 58.9 Å². The first kappa shape index (κ1) is 19.2. The van der Waals surface area contributed by atoms with Crippen LogP contribution in [0, 0.1) is 5.41 Å². The molecule has 0 bridgehead atoms. The molecular formula is C19H30N2O2. The van der Waals surface area contributed by atoms with Crippen LogP contribution in [0.4, 0.5) is 5.69 Å². The topological polar surface area (TPSA) is 49.4 Å². The number of rotatable bonds is 7. The molecule has 2 amide bonds. The Bertz CT molecular complexity index is 550. The number of benzene rings is 1. The van der Waals surface area contributed by atoms with Gasteiger partial charge in [-0.25, -0.2) is 0 Å². The second kappa shape index (κ2) is 8.14. The SMILES string of the molecule is CCCCN(C)C(=O)C(C)(C)C(=O)Nc1ccccc1C(C)C. The van der Waals surface area contributed by atoms with Crippen LogP contribution >= 0.6 is 0 Å². The number of nitrogens with zero attached hydrogens (tertiary/aromatic N) is 1. The highest BCUT2D eigenvalue weighted by Gasteiger charge is 2.38. The molecule has 23 heavy (non-hydrogen) atoms. The van der Waals surface area contributed by atoms with Crippen LogP contribution in [-0.2, 0) is 9.59 Å². The van der Waals surface area contributed by atoms with E-state index >= 15 is 0 Å². The normalized spacial score (nSPS) is 11.4. The molecule has 0 aliphatic heterocycles. The van der Waals surface area contributed by atoms with Crippen LogP contribution in [-0.4, -0.2) is 30.3 Å². The maximum atomic E-state index is 12.7. The number of carbonyl (C=O) groups is 2. The van der Waals surface area contributed by atoms with Crippen molar-refractivity contribution in [3.8, 4) is 0 Å². The Kier molecular flexibility index (Phi) is 6.79. The smallest absolute Gasteiger partial charge is 0.239 e. The van der Waals surface area contributed by atoms with E-state index in [1.165, 1.54) is 0 Å². The summed E-state index contributed by atoms with van der Waals surface area (Å²) in [7, 11) is 1.76. The molecule has 1 rings (SSSR count). The Balaban J connectivity index is 2.89. The van der Waals surface area contributed by atoms with Gasteiger partial charge in [-0.15, -0.1) is 0 Å². The van der Waals surface area contributed by atoms with E-state index in [2.05, 4.69) is 26.1 Å². The zero-order chi connectivity index (χ0) is 17.6. The molecule has 0 fully saturated rings. The van der Waals surface area contributed by atoms with Gasteiger partial charge in [0.25, 0.3) is 0 Å². The molecule has 0 aliphatic rings. The molecular weight excluding hydrogens is 288 g/mol. The lowest BCUT2D eigenvalue weighted by atomic mass is 9.89. The summed E-state index contributed by atoms with van der Waals surface area (Å²) < 4.78 is 0. The largest absolute Gasteiger partial charge is 0.345 e. The molecule has 0 heterocycles. The van der Waals surface area contributed by atoms with E-state index in [4.69, 9.17) is 0 Å². The zero-order valence-electron chi connectivity index (χ0n) is 15.3. The number of para-hydroxylation sites is 1. The Morgan fingerprint density at radius 1 is 1.22 bits per heavy atom. The highest BCUT2D eigenvalue weighted by atomic mass is 16.2. The van der Waals surface area contributed by atoms with E-state index in [1.54, 1.807) is 25.8 Å². The lowest BCUT2D eigenvalue weighted by molar-refractivity contribution is -0.145. The lowest BCUT2D eigenvalue weighted by Gasteiger charge is -2.29. The molecule has 128 valence electrons. The molecule has 1 aromatic rings. The van der Waals surface area contributed by atoms with E-state index in [-0.39, 0.29) is 11.8 Å². The van der Waals surface area contributed by atoms with Crippen LogP contribution in [0.3, 0.4) is 0 Å². The fourth-order valence-electron chi connectivity index (χ4n) is 2.46. The van der Waals surface area contributed by atoms with Crippen molar-refractivity contribution < 1.29 is 9.59 Å². The van der Waals surface area contributed by atoms with Crippen molar-refractivity contribution >= 4 is 17.5 Å². The van der Waals surface area contributed by atoms with Crippen molar-refractivity contribution in [2.45, 2.75) is 53.4 Å². The summed E-state index contributed by atoms with van der Waals surface area (Å²) in [5.41, 5.74) is 0.764. The second-order valence-corrected chi connectivity index (χ2v) is 6.90. The molecule has 0 unspecified atom stereocenters. The third kappa shape index (κ3) is 4.81. The zero-order valence-corrected chi connectivity index (χ0v) is 15.3. The predicted octanol–water partition coefficient (Wildman–Crippen LogP) is 4.03. The third-order valence-electron chi connectivity index (χ3n) is 4.13. The molecule has 0 saturated carbocycles. The molecule has 1 aromatic carbocycles. The van der Waals surface area contributed by atoms with Gasteiger partial charge < -0.3 is 10.2 Å². The standard InChI is InChI=1S/C19H30N2O2/c1-7-8-13-21(6)18(23)19(4,5)17(22)20-16-12-10-9-11-15(16)14(2)3/h9-12,14H,7-8,13H2,1-6H3,(H,20,22). The Labute approximate surface area is 140 Å². The minimum Gasteiger partial charge on any atom is -0.345 e. The van der Waals surface area contributed by atoms with Gasteiger partial charge in [0.1, 0.15) is 5.41 Å². The summed E-state index contributed by atoms with van der Waals surface area (Å²) in [6.45, 7) is 10.3. The van der Waals surface area contributed by atoms with Crippen molar-refractivity contribution in [3.05, 3.63) is 29.8 Å². The fraction of sp³-hybridized carbons (Fsp3) is 0.579. The van der Waals surface area contributed by atoms with Gasteiger partial charge in [0.05, 0.1) is 0 Å². The first-order valence-corrected chi connectivity index (χ1v) is 8.37. The summed E-state index contributed by atoms with van der Waals surface area (Å²) in [5, 5.41) is 2.94. The molecule has 0 aliphatic carbocycles. The molecule has 0 spiro atoms. The van der Waals surface area contributed by atoms with Crippen LogP contribution in [0.2, 0.25) is 0 Å². The minimum absolute atomic E-state index is 0.148. The Hall–Kier alpha value is -1.84. The summed E-state index contributed by atoms with van der Waals surface area (Å²) >= 11 is 0. The van der Waals surface area contributed by atoms with Gasteiger partial charge >= 0.3 is 0 Å². The van der Waals surface area contributed by atoms with Crippen molar-refractivity contribution in [2.75, 3.05) is 18.9 Å². The maximum Gasteiger partial charge on any atom is 0.239 e. The van der Waals surface area contributed by atoms with Crippen molar-refractivity contribution in [2.24, 2.45) is 5.41 Å². The molecule has 0 atom stereocenters. The first-order chi connectivity index (χ1) is 10.7. The van der Waals surface area contributed by atoms with Gasteiger partial charge in [0.2, 0.25) is 11.8 Å². The van der Waals surface area contributed by atoms with E-state index in [9.17, 15) is 9.59 Å². The average Bonchev–Trinajstić information content (AvgIpc) is 2.51. The quantitative estimate of drug-likeness (QED) is 0.772. The number of unbranched alkanes of at least 4 members (excludes halogenated alkanes) is 1. The maximum absolute atomic E-state index is 12.7. The highest BCUT2D eigenvalue weighted by Crippen LogP contribution is 2.27. The summed E-state index contributed by atoms with van der Waals surface area (Å²) in [5.74, 6) is -0.109. The Morgan fingerprint density at radius 2 is 1.83 bits per heavy atom. The van der Waals surface area contributed by atoms with Gasteiger partial charge in [0.15, 0.2) is 0 Å². The number of anilines is 1. The van der Waals surface area contributed by atoms with E-state index in [1.807, 2.05) is 24.3 Å². The second-order valence-electron chi connectivity index (χ2n) is 6.90. The van der Waals surface area contributed by atoms with Gasteiger partial charge in [-0.2, -0.15) is 0 Å². The van der Waals surface area contributed by atoms with Gasteiger partial charge in [0, 0.05) is 19.3 Å². The summed E-state index contributed by atoms with van der Waals surface area (Å²) in [6, 6.07) is 7.74. The first-order valence-electron chi connectivity index (χ1n) is 8.37.